The molecule has 2 aliphatic rings. The predicted octanol–water partition coefficient (Wildman–Crippen LogP) is 1.31. The van der Waals surface area contributed by atoms with Crippen LogP contribution in [0, 0.1) is 11.8 Å². The van der Waals surface area contributed by atoms with Crippen molar-refractivity contribution in [3.63, 3.8) is 0 Å². The molecule has 1 saturated heterocycles. The average molecular weight is 262 g/mol. The Hall–Kier alpha value is -0.0900. The minimum Gasteiger partial charge on any atom is -0.378 e. The van der Waals surface area contributed by atoms with Crippen LogP contribution >= 0.6 is 15.9 Å². The van der Waals surface area contributed by atoms with Crippen molar-refractivity contribution >= 4 is 21.8 Å². The molecule has 2 unspecified atom stereocenters. The van der Waals surface area contributed by atoms with Crippen LogP contribution in [0.25, 0.3) is 0 Å². The molecule has 1 N–H and O–H groups in total. The molecule has 80 valence electrons. The summed E-state index contributed by atoms with van der Waals surface area (Å²) in [6, 6.07) is 0.165. The van der Waals surface area contributed by atoms with Crippen molar-refractivity contribution in [2.75, 3.05) is 13.2 Å². The number of hydrogen-bond acceptors (Lipinski definition) is 2. The van der Waals surface area contributed by atoms with Crippen molar-refractivity contribution < 1.29 is 9.53 Å². The quantitative estimate of drug-likeness (QED) is 0.762. The summed E-state index contributed by atoms with van der Waals surface area (Å²) in [5.41, 5.74) is 0. The Labute approximate surface area is 92.7 Å². The maximum absolute atomic E-state index is 11.7. The largest absolute Gasteiger partial charge is 0.378 e. The van der Waals surface area contributed by atoms with Gasteiger partial charge in [0.15, 0.2) is 0 Å². The number of amides is 1. The second kappa shape index (κ2) is 4.19. The van der Waals surface area contributed by atoms with E-state index in [0.29, 0.717) is 13.2 Å². The molecule has 1 amide bonds. The van der Waals surface area contributed by atoms with E-state index >= 15 is 0 Å². The molecule has 2 atom stereocenters. The van der Waals surface area contributed by atoms with Crippen molar-refractivity contribution in [2.24, 2.45) is 11.8 Å². The Kier molecular flexibility index (Phi) is 3.12. The number of carbonyl (C=O) groups is 1. The number of carbonyl (C=O) groups excluding carboxylic acids is 1. The van der Waals surface area contributed by atoms with Crippen molar-refractivity contribution in [3.8, 4) is 0 Å². The molecular formula is C10H16BrNO2. The van der Waals surface area contributed by atoms with E-state index in [1.807, 2.05) is 0 Å². The lowest BCUT2D eigenvalue weighted by molar-refractivity contribution is -0.129. The molecule has 14 heavy (non-hydrogen) atoms. The summed E-state index contributed by atoms with van der Waals surface area (Å²) < 4.78 is 5.26. The molecule has 2 fully saturated rings. The van der Waals surface area contributed by atoms with Crippen LogP contribution in [0.3, 0.4) is 0 Å². The van der Waals surface area contributed by atoms with E-state index < -0.39 is 0 Å². The number of alkyl halides is 1. The third kappa shape index (κ3) is 2.11. The Morgan fingerprint density at radius 2 is 2.14 bits per heavy atom. The topological polar surface area (TPSA) is 38.3 Å². The van der Waals surface area contributed by atoms with Gasteiger partial charge in [0, 0.05) is 5.92 Å². The molecule has 0 bridgehead atoms. The highest BCUT2D eigenvalue weighted by Gasteiger charge is 2.34. The van der Waals surface area contributed by atoms with Gasteiger partial charge in [-0.3, -0.25) is 4.79 Å². The summed E-state index contributed by atoms with van der Waals surface area (Å²) >= 11 is 3.49. The first-order valence-corrected chi connectivity index (χ1v) is 6.10. The molecule has 2 rings (SSSR count). The number of hydrogen-bond donors (Lipinski definition) is 1. The molecule has 4 heteroatoms. The normalized spacial score (nSPS) is 41.9. The standard InChI is InChI=1S/C10H16BrNO2/c1-6-2-7(3-6)10(13)12-9-5-14-4-8(9)11/h6-9H,2-5H2,1H3,(H,12,13). The summed E-state index contributed by atoms with van der Waals surface area (Å²) in [5.74, 6) is 1.19. The van der Waals surface area contributed by atoms with E-state index in [1.54, 1.807) is 0 Å². The van der Waals surface area contributed by atoms with Gasteiger partial charge in [0.25, 0.3) is 0 Å². The van der Waals surface area contributed by atoms with Gasteiger partial charge in [-0.25, -0.2) is 0 Å². The SMILES string of the molecule is CC1CC(C(=O)NC2COCC2Br)C1. The molecule has 1 saturated carbocycles. The minimum absolute atomic E-state index is 0.165. The minimum atomic E-state index is 0.165. The van der Waals surface area contributed by atoms with Crippen LogP contribution in [0.15, 0.2) is 0 Å². The lowest BCUT2D eigenvalue weighted by Crippen LogP contribution is -2.46. The summed E-state index contributed by atoms with van der Waals surface area (Å²) in [7, 11) is 0. The molecule has 0 aromatic heterocycles. The van der Waals surface area contributed by atoms with E-state index in [4.69, 9.17) is 4.74 Å². The summed E-state index contributed by atoms with van der Waals surface area (Å²) in [6.07, 6.45) is 2.10. The summed E-state index contributed by atoms with van der Waals surface area (Å²) in [5, 5.41) is 3.04. The Morgan fingerprint density at radius 1 is 1.43 bits per heavy atom. The molecule has 3 nitrogen and oxygen atoms in total. The fourth-order valence-electron chi connectivity index (χ4n) is 2.08. The van der Waals surface area contributed by atoms with Crippen molar-refractivity contribution in [2.45, 2.75) is 30.6 Å². The van der Waals surface area contributed by atoms with Gasteiger partial charge in [-0.05, 0) is 18.8 Å². The first-order chi connectivity index (χ1) is 6.66. The fourth-order valence-corrected chi connectivity index (χ4v) is 2.55. The predicted molar refractivity (Wildman–Crippen MR) is 57.4 cm³/mol. The van der Waals surface area contributed by atoms with Gasteiger partial charge in [-0.1, -0.05) is 22.9 Å². The molecule has 0 radical (unpaired) electrons. The average Bonchev–Trinajstić information content (AvgIpc) is 2.46. The number of halogens is 1. The van der Waals surface area contributed by atoms with Crippen LogP contribution in [0.1, 0.15) is 19.8 Å². The molecule has 0 spiro atoms. The lowest BCUT2D eigenvalue weighted by atomic mass is 9.75. The zero-order valence-electron chi connectivity index (χ0n) is 8.33. The van der Waals surface area contributed by atoms with Crippen LogP contribution in [-0.4, -0.2) is 30.0 Å². The van der Waals surface area contributed by atoms with Crippen molar-refractivity contribution in [1.29, 1.82) is 0 Å². The van der Waals surface area contributed by atoms with Crippen LogP contribution < -0.4 is 5.32 Å². The highest BCUT2D eigenvalue weighted by Crippen LogP contribution is 2.33. The van der Waals surface area contributed by atoms with Crippen molar-refractivity contribution in [3.05, 3.63) is 0 Å². The third-order valence-corrected chi connectivity index (χ3v) is 3.99. The smallest absolute Gasteiger partial charge is 0.223 e. The fraction of sp³-hybridized carbons (Fsp3) is 0.900. The molecule has 1 aliphatic carbocycles. The van der Waals surface area contributed by atoms with Gasteiger partial charge in [0.05, 0.1) is 24.1 Å². The van der Waals surface area contributed by atoms with E-state index in [2.05, 4.69) is 28.2 Å². The number of ether oxygens (including phenoxy) is 1. The Bertz CT molecular complexity index is 228. The molecule has 1 aliphatic heterocycles. The highest BCUT2D eigenvalue weighted by molar-refractivity contribution is 9.09. The first-order valence-electron chi connectivity index (χ1n) is 5.19. The Balaban J connectivity index is 1.77. The van der Waals surface area contributed by atoms with Gasteiger partial charge < -0.3 is 10.1 Å². The van der Waals surface area contributed by atoms with Gasteiger partial charge >= 0.3 is 0 Å². The molecule has 1 heterocycles. The molecule has 0 aromatic carbocycles. The monoisotopic (exact) mass is 261 g/mol. The lowest BCUT2D eigenvalue weighted by Gasteiger charge is -2.32. The maximum Gasteiger partial charge on any atom is 0.223 e. The molecule has 0 aromatic rings. The Morgan fingerprint density at radius 3 is 2.64 bits per heavy atom. The third-order valence-electron chi connectivity index (χ3n) is 3.08. The van der Waals surface area contributed by atoms with E-state index in [-0.39, 0.29) is 22.7 Å². The number of nitrogens with one attached hydrogen (secondary N) is 1. The summed E-state index contributed by atoms with van der Waals surface area (Å²) in [4.78, 5) is 12.0. The van der Waals surface area contributed by atoms with Crippen LogP contribution in [0.4, 0.5) is 0 Å². The van der Waals surface area contributed by atoms with Crippen LogP contribution in [0.5, 0.6) is 0 Å². The van der Waals surface area contributed by atoms with E-state index in [0.717, 1.165) is 18.8 Å². The molecular weight excluding hydrogens is 246 g/mol. The van der Waals surface area contributed by atoms with Gasteiger partial charge in [-0.15, -0.1) is 0 Å². The first kappa shape index (κ1) is 10.4. The van der Waals surface area contributed by atoms with E-state index in [9.17, 15) is 4.79 Å². The summed E-state index contributed by atoms with van der Waals surface area (Å²) in [6.45, 7) is 3.53. The zero-order chi connectivity index (χ0) is 10.1. The van der Waals surface area contributed by atoms with Crippen LogP contribution in [0.2, 0.25) is 0 Å². The second-order valence-electron chi connectivity index (χ2n) is 4.44. The van der Waals surface area contributed by atoms with Crippen LogP contribution in [-0.2, 0) is 9.53 Å². The van der Waals surface area contributed by atoms with Gasteiger partial charge in [0.2, 0.25) is 5.91 Å². The van der Waals surface area contributed by atoms with E-state index in [1.165, 1.54) is 0 Å². The maximum atomic E-state index is 11.7. The van der Waals surface area contributed by atoms with Crippen molar-refractivity contribution in [1.82, 2.24) is 5.32 Å². The second-order valence-corrected chi connectivity index (χ2v) is 5.62. The van der Waals surface area contributed by atoms with Gasteiger partial charge in [0.1, 0.15) is 0 Å². The zero-order valence-corrected chi connectivity index (χ0v) is 9.92. The number of rotatable bonds is 2. The van der Waals surface area contributed by atoms with Gasteiger partial charge in [-0.2, -0.15) is 0 Å². The highest BCUT2D eigenvalue weighted by atomic mass is 79.9.